The fraction of sp³-hybridized carbons (Fsp3) is 0.793. The molecular weight excluding hydrogens is 418 g/mol. The van der Waals surface area contributed by atoms with Crippen molar-refractivity contribution in [3.05, 3.63) is 23.8 Å². The van der Waals surface area contributed by atoms with Gasteiger partial charge in [-0.25, -0.2) is 0 Å². The molecule has 1 aromatic rings. The van der Waals surface area contributed by atoms with Gasteiger partial charge in [0.1, 0.15) is 0 Å². The van der Waals surface area contributed by atoms with Crippen molar-refractivity contribution in [1.82, 2.24) is 0 Å². The molecular formula is C29H46F2O2. The molecule has 0 heterocycles. The molecule has 2 fully saturated rings. The molecule has 4 heteroatoms. The molecule has 2 saturated carbocycles. The summed E-state index contributed by atoms with van der Waals surface area (Å²) in [5, 5.41) is 0. The van der Waals surface area contributed by atoms with Gasteiger partial charge in [0.2, 0.25) is 11.6 Å². The molecule has 0 bridgehead atoms. The topological polar surface area (TPSA) is 18.5 Å². The molecule has 0 amide bonds. The smallest absolute Gasteiger partial charge is 0.204 e. The van der Waals surface area contributed by atoms with Gasteiger partial charge in [-0.1, -0.05) is 65.7 Å². The number of hydrogen-bond donors (Lipinski definition) is 0. The minimum Gasteiger partial charge on any atom is -0.490 e. The first-order valence-corrected chi connectivity index (χ1v) is 13.8. The molecule has 0 atom stereocenters. The van der Waals surface area contributed by atoms with Gasteiger partial charge in [0.25, 0.3) is 0 Å². The van der Waals surface area contributed by atoms with E-state index in [9.17, 15) is 8.78 Å². The third-order valence-electron chi connectivity index (χ3n) is 8.48. The second-order valence-electron chi connectivity index (χ2n) is 10.6. The van der Waals surface area contributed by atoms with Crippen molar-refractivity contribution in [3.8, 4) is 11.5 Å². The Labute approximate surface area is 200 Å². The highest BCUT2D eigenvalue weighted by Crippen LogP contribution is 2.55. The average molecular weight is 465 g/mol. The summed E-state index contributed by atoms with van der Waals surface area (Å²) in [5.41, 5.74) is 0.541. The minimum atomic E-state index is -0.943. The lowest BCUT2D eigenvalue weighted by atomic mass is 9.54. The van der Waals surface area contributed by atoms with E-state index in [0.29, 0.717) is 24.5 Å². The Balaban J connectivity index is 1.58. The Kier molecular flexibility index (Phi) is 10.3. The van der Waals surface area contributed by atoms with Crippen LogP contribution in [0.2, 0.25) is 0 Å². The number of ether oxygens (including phenoxy) is 2. The summed E-state index contributed by atoms with van der Waals surface area (Å²) in [5.74, 6) is 0.220. The van der Waals surface area contributed by atoms with Gasteiger partial charge in [0, 0.05) is 0 Å². The van der Waals surface area contributed by atoms with Crippen LogP contribution in [0.3, 0.4) is 0 Å². The third-order valence-corrected chi connectivity index (χ3v) is 8.48. The van der Waals surface area contributed by atoms with Crippen LogP contribution >= 0.6 is 0 Å². The van der Waals surface area contributed by atoms with Crippen molar-refractivity contribution >= 4 is 0 Å². The Bertz CT molecular complexity index is 700. The lowest BCUT2D eigenvalue weighted by Gasteiger charge is -2.51. The summed E-state index contributed by atoms with van der Waals surface area (Å²) >= 11 is 0. The Morgan fingerprint density at radius 2 is 1.39 bits per heavy atom. The van der Waals surface area contributed by atoms with Gasteiger partial charge in [-0.05, 0) is 80.2 Å². The minimum absolute atomic E-state index is 0.00757. The number of hydrogen-bond acceptors (Lipinski definition) is 2. The van der Waals surface area contributed by atoms with Gasteiger partial charge >= 0.3 is 0 Å². The summed E-state index contributed by atoms with van der Waals surface area (Å²) in [4.78, 5) is 0. The van der Waals surface area contributed by atoms with Crippen molar-refractivity contribution in [2.75, 3.05) is 13.2 Å². The normalized spacial score (nSPS) is 23.0. The van der Waals surface area contributed by atoms with Crippen molar-refractivity contribution in [2.45, 2.75) is 111 Å². The molecule has 0 aliphatic heterocycles. The third kappa shape index (κ3) is 6.42. The fourth-order valence-electron chi connectivity index (χ4n) is 6.84. The second-order valence-corrected chi connectivity index (χ2v) is 10.6. The van der Waals surface area contributed by atoms with Crippen LogP contribution in [0, 0.1) is 34.8 Å². The van der Waals surface area contributed by atoms with Crippen molar-refractivity contribution in [2.24, 2.45) is 23.2 Å². The highest BCUT2D eigenvalue weighted by molar-refractivity contribution is 5.35. The van der Waals surface area contributed by atoms with E-state index in [-0.39, 0.29) is 11.5 Å². The Hall–Kier alpha value is -1.32. The van der Waals surface area contributed by atoms with Gasteiger partial charge < -0.3 is 9.47 Å². The molecule has 188 valence electrons. The van der Waals surface area contributed by atoms with Crippen LogP contribution in [0.5, 0.6) is 11.5 Å². The summed E-state index contributed by atoms with van der Waals surface area (Å²) in [6.45, 7) is 7.47. The maximum absolute atomic E-state index is 14.5. The van der Waals surface area contributed by atoms with Crippen LogP contribution in [0.1, 0.15) is 111 Å². The molecule has 3 rings (SSSR count). The van der Waals surface area contributed by atoms with Gasteiger partial charge in [-0.2, -0.15) is 8.78 Å². The second kappa shape index (κ2) is 13.0. The molecule has 2 aliphatic carbocycles. The molecule has 2 nitrogen and oxygen atoms in total. The summed E-state index contributed by atoms with van der Waals surface area (Å²) < 4.78 is 39.8. The van der Waals surface area contributed by atoms with Crippen LogP contribution < -0.4 is 9.47 Å². The number of rotatable bonds is 12. The van der Waals surface area contributed by atoms with Gasteiger partial charge in [-0.3, -0.25) is 0 Å². The average Bonchev–Trinajstić information content (AvgIpc) is 2.85. The molecule has 0 N–H and O–H groups in total. The maximum atomic E-state index is 14.5. The molecule has 2 aliphatic rings. The lowest BCUT2D eigenvalue weighted by molar-refractivity contribution is -0.0149. The predicted octanol–water partition coefficient (Wildman–Crippen LogP) is 9.11. The largest absolute Gasteiger partial charge is 0.490 e. The van der Waals surface area contributed by atoms with Gasteiger partial charge in [0.05, 0.1) is 13.2 Å². The standard InChI is InChI=1S/C29H46F2O2/c1-4-10-23(11-5-2)29(18-8-7-9-19-29)24-14-12-22(13-15-24)21-33-26-17-16-25(32-20-6-3)27(30)28(26)31/h16-17,22-24H,4-15,18-21H2,1-3H3/t22-,24-. The first-order valence-electron chi connectivity index (χ1n) is 13.8. The summed E-state index contributed by atoms with van der Waals surface area (Å²) in [6, 6.07) is 2.99. The fourth-order valence-corrected chi connectivity index (χ4v) is 6.84. The van der Waals surface area contributed by atoms with E-state index in [1.807, 2.05) is 6.92 Å². The molecule has 0 radical (unpaired) electrons. The zero-order valence-corrected chi connectivity index (χ0v) is 21.3. The van der Waals surface area contributed by atoms with Crippen molar-refractivity contribution < 1.29 is 18.3 Å². The van der Waals surface area contributed by atoms with Crippen molar-refractivity contribution in [1.29, 1.82) is 0 Å². The summed E-state index contributed by atoms with van der Waals surface area (Å²) in [6.07, 6.45) is 17.9. The molecule has 0 aromatic heterocycles. The van der Waals surface area contributed by atoms with E-state index in [4.69, 9.17) is 9.47 Å². The highest BCUT2D eigenvalue weighted by Gasteiger charge is 2.45. The predicted molar refractivity (Wildman–Crippen MR) is 132 cm³/mol. The van der Waals surface area contributed by atoms with E-state index in [1.54, 1.807) is 0 Å². The molecule has 0 saturated heterocycles. The molecule has 33 heavy (non-hydrogen) atoms. The van der Waals surface area contributed by atoms with E-state index in [0.717, 1.165) is 31.1 Å². The number of halogens is 2. The van der Waals surface area contributed by atoms with E-state index < -0.39 is 11.6 Å². The van der Waals surface area contributed by atoms with Crippen LogP contribution in [0.15, 0.2) is 12.1 Å². The van der Waals surface area contributed by atoms with Crippen LogP contribution in [0.25, 0.3) is 0 Å². The zero-order chi connectivity index (χ0) is 23.7. The SMILES string of the molecule is CCCOc1ccc(OC[C@H]2CC[C@H](C3(C(CCC)CCC)CCCCC3)CC2)c(F)c1F. The Morgan fingerprint density at radius 1 is 0.818 bits per heavy atom. The number of benzene rings is 1. The first kappa shape index (κ1) is 26.3. The van der Waals surface area contributed by atoms with Gasteiger partial charge in [-0.15, -0.1) is 0 Å². The zero-order valence-electron chi connectivity index (χ0n) is 21.3. The maximum Gasteiger partial charge on any atom is 0.204 e. The van der Waals surface area contributed by atoms with Gasteiger partial charge in [0.15, 0.2) is 11.5 Å². The highest BCUT2D eigenvalue weighted by atomic mass is 19.2. The first-order chi connectivity index (χ1) is 16.1. The van der Waals surface area contributed by atoms with E-state index >= 15 is 0 Å². The molecule has 0 unspecified atom stereocenters. The quantitative estimate of drug-likeness (QED) is 0.307. The molecule has 0 spiro atoms. The van der Waals surface area contributed by atoms with Crippen LogP contribution in [-0.2, 0) is 0 Å². The van der Waals surface area contributed by atoms with E-state index in [1.165, 1.54) is 82.8 Å². The Morgan fingerprint density at radius 3 is 1.94 bits per heavy atom. The lowest BCUT2D eigenvalue weighted by Crippen LogP contribution is -2.42. The molecule has 1 aromatic carbocycles. The van der Waals surface area contributed by atoms with E-state index in [2.05, 4.69) is 13.8 Å². The summed E-state index contributed by atoms with van der Waals surface area (Å²) in [7, 11) is 0. The van der Waals surface area contributed by atoms with Crippen LogP contribution in [0.4, 0.5) is 8.78 Å². The van der Waals surface area contributed by atoms with Crippen LogP contribution in [-0.4, -0.2) is 13.2 Å². The van der Waals surface area contributed by atoms with Crippen molar-refractivity contribution in [3.63, 3.8) is 0 Å². The monoisotopic (exact) mass is 464 g/mol.